The zero-order valence-corrected chi connectivity index (χ0v) is 15.0. The summed E-state index contributed by atoms with van der Waals surface area (Å²) < 4.78 is 7.01. The maximum atomic E-state index is 10.9. The molecule has 8 heteroatoms. The van der Waals surface area contributed by atoms with E-state index < -0.39 is 4.92 Å². The molecular formula is C16H21ClN4O3. The van der Waals surface area contributed by atoms with Gasteiger partial charge in [-0.15, -0.1) is 0 Å². The minimum atomic E-state index is -0.448. The van der Waals surface area contributed by atoms with Crippen LogP contribution in [0.1, 0.15) is 22.5 Å². The van der Waals surface area contributed by atoms with Crippen LogP contribution in [-0.2, 0) is 17.8 Å². The monoisotopic (exact) mass is 352 g/mol. The fourth-order valence-electron chi connectivity index (χ4n) is 2.62. The van der Waals surface area contributed by atoms with Gasteiger partial charge in [-0.05, 0) is 26.3 Å². The second-order valence-electron chi connectivity index (χ2n) is 5.60. The van der Waals surface area contributed by atoms with Crippen LogP contribution < -0.4 is 5.32 Å². The molecule has 0 bridgehead atoms. The Bertz CT molecular complexity index is 735. The van der Waals surface area contributed by atoms with E-state index in [4.69, 9.17) is 16.3 Å². The zero-order valence-electron chi connectivity index (χ0n) is 14.2. The molecule has 0 atom stereocenters. The Hall–Kier alpha value is -2.12. The highest BCUT2D eigenvalue weighted by Crippen LogP contribution is 2.31. The van der Waals surface area contributed by atoms with Gasteiger partial charge in [-0.1, -0.05) is 11.6 Å². The van der Waals surface area contributed by atoms with Crippen molar-refractivity contribution in [3.05, 3.63) is 49.8 Å². The molecule has 24 heavy (non-hydrogen) atoms. The summed E-state index contributed by atoms with van der Waals surface area (Å²) in [4.78, 5) is 10.4. The first-order valence-corrected chi connectivity index (χ1v) is 7.93. The Labute approximate surface area is 145 Å². The Morgan fingerprint density at radius 1 is 1.38 bits per heavy atom. The summed E-state index contributed by atoms with van der Waals surface area (Å²) in [7, 11) is 1.66. The van der Waals surface area contributed by atoms with E-state index in [9.17, 15) is 10.1 Å². The number of methoxy groups -OCH3 is 1. The summed E-state index contributed by atoms with van der Waals surface area (Å²) in [5.41, 5.74) is 4.50. The molecule has 7 nitrogen and oxygen atoms in total. The molecule has 1 aromatic carbocycles. The van der Waals surface area contributed by atoms with E-state index >= 15 is 0 Å². The normalized spacial score (nSPS) is 10.9. The number of ether oxygens (including phenoxy) is 1. The Morgan fingerprint density at radius 3 is 2.67 bits per heavy atom. The predicted octanol–water partition coefficient (Wildman–Crippen LogP) is 3.63. The molecule has 0 fully saturated rings. The molecule has 0 aliphatic rings. The maximum absolute atomic E-state index is 10.9. The number of nitro groups is 1. The molecule has 1 aromatic heterocycles. The van der Waals surface area contributed by atoms with Gasteiger partial charge < -0.3 is 10.1 Å². The number of benzene rings is 1. The molecule has 130 valence electrons. The highest BCUT2D eigenvalue weighted by molar-refractivity contribution is 6.33. The van der Waals surface area contributed by atoms with Crippen LogP contribution in [0.5, 0.6) is 0 Å². The van der Waals surface area contributed by atoms with Gasteiger partial charge in [-0.2, -0.15) is 5.10 Å². The lowest BCUT2D eigenvalue weighted by molar-refractivity contribution is -0.384. The van der Waals surface area contributed by atoms with Crippen molar-refractivity contribution in [1.29, 1.82) is 0 Å². The van der Waals surface area contributed by atoms with E-state index in [0.29, 0.717) is 30.4 Å². The number of nitro benzene ring substituents is 1. The third-order valence-electron chi connectivity index (χ3n) is 3.96. The quantitative estimate of drug-likeness (QED) is 0.607. The zero-order chi connectivity index (χ0) is 17.9. The minimum absolute atomic E-state index is 0.0113. The Balaban J connectivity index is 2.20. The van der Waals surface area contributed by atoms with E-state index in [2.05, 4.69) is 10.4 Å². The van der Waals surface area contributed by atoms with Crippen molar-refractivity contribution in [2.75, 3.05) is 19.0 Å². The number of non-ortho nitro benzene ring substituents is 1. The first-order valence-electron chi connectivity index (χ1n) is 7.55. The summed E-state index contributed by atoms with van der Waals surface area (Å²) in [5.74, 6) is 0. The molecule has 2 rings (SSSR count). The number of aromatic nitrogens is 2. The number of halogens is 1. The molecule has 2 aromatic rings. The lowest BCUT2D eigenvalue weighted by Crippen LogP contribution is -2.08. The predicted molar refractivity (Wildman–Crippen MR) is 93.7 cm³/mol. The minimum Gasteiger partial charge on any atom is -0.383 e. The topological polar surface area (TPSA) is 82.2 Å². The summed E-state index contributed by atoms with van der Waals surface area (Å²) in [6.07, 6.45) is 0. The van der Waals surface area contributed by atoms with Gasteiger partial charge in [0.2, 0.25) is 0 Å². The first-order chi connectivity index (χ1) is 11.3. The number of rotatable bonds is 7. The van der Waals surface area contributed by atoms with Crippen molar-refractivity contribution < 1.29 is 9.66 Å². The van der Waals surface area contributed by atoms with Crippen LogP contribution in [0, 0.1) is 30.9 Å². The van der Waals surface area contributed by atoms with E-state index in [1.165, 1.54) is 12.1 Å². The molecule has 0 saturated carbocycles. The molecule has 0 aliphatic heterocycles. The fraction of sp³-hybridized carbons (Fsp3) is 0.438. The molecule has 0 unspecified atom stereocenters. The average molecular weight is 353 g/mol. The number of anilines is 1. The Morgan fingerprint density at radius 2 is 2.08 bits per heavy atom. The van der Waals surface area contributed by atoms with Crippen molar-refractivity contribution in [2.45, 2.75) is 33.9 Å². The van der Waals surface area contributed by atoms with E-state index in [-0.39, 0.29) is 5.69 Å². The Kier molecular flexibility index (Phi) is 5.80. The van der Waals surface area contributed by atoms with Crippen molar-refractivity contribution >= 4 is 23.0 Å². The van der Waals surface area contributed by atoms with Crippen LogP contribution in [0.2, 0.25) is 5.02 Å². The fourth-order valence-corrected chi connectivity index (χ4v) is 2.95. The van der Waals surface area contributed by atoms with Gasteiger partial charge in [0.05, 0.1) is 34.5 Å². The molecule has 1 heterocycles. The van der Waals surface area contributed by atoms with Crippen LogP contribution in [0.3, 0.4) is 0 Å². The van der Waals surface area contributed by atoms with Crippen LogP contribution in [0.25, 0.3) is 0 Å². The molecule has 0 aliphatic carbocycles. The van der Waals surface area contributed by atoms with Gasteiger partial charge in [0, 0.05) is 37.0 Å². The lowest BCUT2D eigenvalue weighted by atomic mass is 10.1. The van der Waals surface area contributed by atoms with Gasteiger partial charge in [0.1, 0.15) is 0 Å². The van der Waals surface area contributed by atoms with E-state index in [0.717, 1.165) is 22.5 Å². The smallest absolute Gasteiger partial charge is 0.271 e. The van der Waals surface area contributed by atoms with Crippen LogP contribution >= 0.6 is 11.6 Å². The number of nitrogens with one attached hydrogen (secondary N) is 1. The second kappa shape index (κ2) is 7.63. The van der Waals surface area contributed by atoms with Gasteiger partial charge in [-0.3, -0.25) is 14.8 Å². The number of hydrogen-bond donors (Lipinski definition) is 1. The molecule has 0 spiro atoms. The number of nitrogens with zero attached hydrogens (tertiary/aromatic N) is 3. The lowest BCUT2D eigenvalue weighted by Gasteiger charge is -2.12. The van der Waals surface area contributed by atoms with Gasteiger partial charge in [0.25, 0.3) is 5.69 Å². The van der Waals surface area contributed by atoms with Gasteiger partial charge >= 0.3 is 0 Å². The van der Waals surface area contributed by atoms with E-state index in [1.54, 1.807) is 14.0 Å². The maximum Gasteiger partial charge on any atom is 0.271 e. The van der Waals surface area contributed by atoms with Crippen molar-refractivity contribution in [2.24, 2.45) is 0 Å². The summed E-state index contributed by atoms with van der Waals surface area (Å²) in [6.45, 7) is 7.60. The van der Waals surface area contributed by atoms with Crippen molar-refractivity contribution in [1.82, 2.24) is 9.78 Å². The summed E-state index contributed by atoms with van der Waals surface area (Å²) >= 11 is 6.19. The molecule has 1 N–H and O–H groups in total. The van der Waals surface area contributed by atoms with Crippen LogP contribution in [0.15, 0.2) is 12.1 Å². The molecule has 0 saturated heterocycles. The van der Waals surface area contributed by atoms with Crippen LogP contribution in [-0.4, -0.2) is 28.4 Å². The standard InChI is InChI=1S/C16H21ClN4O3/c1-10-7-13(21(22)23)8-15(17)16(10)18-9-14-11(2)19-20(12(14)3)5-6-24-4/h7-8,18H,5-6,9H2,1-4H3. The first kappa shape index (κ1) is 18.2. The highest BCUT2D eigenvalue weighted by Gasteiger charge is 2.15. The number of hydrogen-bond acceptors (Lipinski definition) is 5. The van der Waals surface area contributed by atoms with Crippen molar-refractivity contribution in [3.63, 3.8) is 0 Å². The van der Waals surface area contributed by atoms with Crippen LogP contribution in [0.4, 0.5) is 11.4 Å². The highest BCUT2D eigenvalue weighted by atomic mass is 35.5. The molecule has 0 amide bonds. The van der Waals surface area contributed by atoms with Gasteiger partial charge in [-0.25, -0.2) is 0 Å². The van der Waals surface area contributed by atoms with Gasteiger partial charge in [0.15, 0.2) is 0 Å². The van der Waals surface area contributed by atoms with Crippen molar-refractivity contribution in [3.8, 4) is 0 Å². The molecule has 0 radical (unpaired) electrons. The average Bonchev–Trinajstić information content (AvgIpc) is 2.78. The largest absolute Gasteiger partial charge is 0.383 e. The number of aryl methyl sites for hydroxylation is 2. The second-order valence-corrected chi connectivity index (χ2v) is 6.00. The van der Waals surface area contributed by atoms with E-state index in [1.807, 2.05) is 18.5 Å². The third-order valence-corrected chi connectivity index (χ3v) is 4.26. The SMILES string of the molecule is COCCn1nc(C)c(CNc2c(C)cc([N+](=O)[O-])cc2Cl)c1C. The molecular weight excluding hydrogens is 332 g/mol. The third kappa shape index (κ3) is 3.85. The summed E-state index contributed by atoms with van der Waals surface area (Å²) in [5, 5.41) is 19.0. The summed E-state index contributed by atoms with van der Waals surface area (Å²) in [6, 6.07) is 2.87.